The Morgan fingerprint density at radius 2 is 1.96 bits per heavy atom. The number of hydrogen-bond donors (Lipinski definition) is 2. The molecular formula is C17H21BrN2O2S. The summed E-state index contributed by atoms with van der Waals surface area (Å²) in [6.45, 7) is 7.62. The zero-order valence-corrected chi connectivity index (χ0v) is 16.0. The minimum absolute atomic E-state index is 0.168. The summed E-state index contributed by atoms with van der Waals surface area (Å²) in [5.74, 6) is 0. The summed E-state index contributed by atoms with van der Waals surface area (Å²) in [5.41, 5.74) is 1.12. The minimum atomic E-state index is -0.514. The molecular weight excluding hydrogens is 376 g/mol. The Hall–Kier alpha value is -1.53. The molecule has 23 heavy (non-hydrogen) atoms. The van der Waals surface area contributed by atoms with Gasteiger partial charge in [0.05, 0.1) is 6.04 Å². The largest absolute Gasteiger partial charge is 0.444 e. The zero-order valence-electron chi connectivity index (χ0n) is 13.6. The van der Waals surface area contributed by atoms with Crippen molar-refractivity contribution in [3.05, 3.63) is 45.1 Å². The number of benzene rings is 1. The van der Waals surface area contributed by atoms with Crippen molar-refractivity contribution >= 4 is 44.7 Å². The van der Waals surface area contributed by atoms with Crippen LogP contribution in [0.5, 0.6) is 0 Å². The summed E-state index contributed by atoms with van der Waals surface area (Å²) >= 11 is 5.25. The lowest BCUT2D eigenvalue weighted by Gasteiger charge is -2.20. The van der Waals surface area contributed by atoms with Gasteiger partial charge in [-0.15, -0.1) is 11.3 Å². The molecule has 6 heteroatoms. The molecule has 0 radical (unpaired) electrons. The Kier molecular flexibility index (Phi) is 5.70. The second-order valence-electron chi connectivity index (χ2n) is 6.21. The molecule has 0 aliphatic carbocycles. The molecule has 1 atom stereocenters. The maximum atomic E-state index is 11.8. The SMILES string of the molecule is CC(Nc1cccc(NC(=O)OC(C)(C)C)c1)c1sccc1Br. The zero-order chi connectivity index (χ0) is 17.0. The molecule has 1 heterocycles. The van der Waals surface area contributed by atoms with Crippen LogP contribution in [-0.4, -0.2) is 11.7 Å². The van der Waals surface area contributed by atoms with Crippen LogP contribution in [0.3, 0.4) is 0 Å². The molecule has 0 saturated carbocycles. The molecule has 1 unspecified atom stereocenters. The highest BCUT2D eigenvalue weighted by molar-refractivity contribution is 9.10. The van der Waals surface area contributed by atoms with Crippen LogP contribution in [0, 0.1) is 0 Å². The van der Waals surface area contributed by atoms with Crippen molar-refractivity contribution in [3.63, 3.8) is 0 Å². The summed E-state index contributed by atoms with van der Waals surface area (Å²) in [4.78, 5) is 13.1. The highest BCUT2D eigenvalue weighted by atomic mass is 79.9. The number of thiophene rings is 1. The van der Waals surface area contributed by atoms with E-state index in [1.807, 2.05) is 51.1 Å². The van der Waals surface area contributed by atoms with Crippen molar-refractivity contribution in [2.75, 3.05) is 10.6 Å². The molecule has 1 aromatic carbocycles. The Bertz CT molecular complexity index is 679. The number of ether oxygens (including phenoxy) is 1. The highest BCUT2D eigenvalue weighted by Crippen LogP contribution is 2.31. The molecule has 0 saturated heterocycles. The molecule has 124 valence electrons. The van der Waals surface area contributed by atoms with E-state index in [1.54, 1.807) is 11.3 Å². The summed E-state index contributed by atoms with van der Waals surface area (Å²) in [6.07, 6.45) is -0.455. The number of halogens is 1. The molecule has 0 fully saturated rings. The monoisotopic (exact) mass is 396 g/mol. The number of carbonyl (C=O) groups is 1. The predicted octanol–water partition coefficient (Wildman–Crippen LogP) is 6.03. The summed E-state index contributed by atoms with van der Waals surface area (Å²) < 4.78 is 6.36. The van der Waals surface area contributed by atoms with E-state index in [0.717, 1.165) is 10.2 Å². The fraction of sp³-hybridized carbons (Fsp3) is 0.353. The predicted molar refractivity (Wildman–Crippen MR) is 100 cm³/mol. The number of carbonyl (C=O) groups excluding carboxylic acids is 1. The van der Waals surface area contributed by atoms with Gasteiger partial charge < -0.3 is 10.1 Å². The lowest BCUT2D eigenvalue weighted by atomic mass is 10.2. The van der Waals surface area contributed by atoms with E-state index in [9.17, 15) is 4.79 Å². The number of rotatable bonds is 4. The lowest BCUT2D eigenvalue weighted by molar-refractivity contribution is 0.0636. The van der Waals surface area contributed by atoms with E-state index < -0.39 is 11.7 Å². The van der Waals surface area contributed by atoms with Gasteiger partial charge in [0.2, 0.25) is 0 Å². The van der Waals surface area contributed by atoms with Gasteiger partial charge >= 0.3 is 6.09 Å². The molecule has 0 aliphatic heterocycles. The van der Waals surface area contributed by atoms with Crippen molar-refractivity contribution in [1.29, 1.82) is 0 Å². The Balaban J connectivity index is 2.02. The van der Waals surface area contributed by atoms with Crippen LogP contribution in [-0.2, 0) is 4.74 Å². The Labute approximate surface area is 149 Å². The van der Waals surface area contributed by atoms with E-state index in [4.69, 9.17) is 4.74 Å². The van der Waals surface area contributed by atoms with Gasteiger partial charge in [0.15, 0.2) is 0 Å². The van der Waals surface area contributed by atoms with Gasteiger partial charge in [-0.2, -0.15) is 0 Å². The first-order valence-corrected chi connectivity index (χ1v) is 9.01. The van der Waals surface area contributed by atoms with Gasteiger partial charge in [-0.3, -0.25) is 5.32 Å². The minimum Gasteiger partial charge on any atom is -0.444 e. The molecule has 2 N–H and O–H groups in total. The van der Waals surface area contributed by atoms with Crippen LogP contribution in [0.1, 0.15) is 38.6 Å². The molecule has 0 spiro atoms. The number of hydrogen-bond acceptors (Lipinski definition) is 4. The van der Waals surface area contributed by atoms with E-state index in [0.29, 0.717) is 5.69 Å². The van der Waals surface area contributed by atoms with Crippen molar-refractivity contribution in [1.82, 2.24) is 0 Å². The summed E-state index contributed by atoms with van der Waals surface area (Å²) in [7, 11) is 0. The average Bonchev–Trinajstić information content (AvgIpc) is 2.83. The van der Waals surface area contributed by atoms with Gasteiger partial charge in [-0.25, -0.2) is 4.79 Å². The van der Waals surface area contributed by atoms with Crippen LogP contribution in [0.15, 0.2) is 40.2 Å². The smallest absolute Gasteiger partial charge is 0.412 e. The normalized spacial score (nSPS) is 12.6. The molecule has 2 aromatic rings. The highest BCUT2D eigenvalue weighted by Gasteiger charge is 2.16. The van der Waals surface area contributed by atoms with E-state index in [2.05, 4.69) is 38.9 Å². The Morgan fingerprint density at radius 1 is 1.26 bits per heavy atom. The van der Waals surface area contributed by atoms with Gasteiger partial charge in [0, 0.05) is 20.7 Å². The first kappa shape index (κ1) is 17.8. The van der Waals surface area contributed by atoms with Gasteiger partial charge in [-0.1, -0.05) is 6.07 Å². The van der Waals surface area contributed by atoms with Crippen LogP contribution in [0.2, 0.25) is 0 Å². The fourth-order valence-electron chi connectivity index (χ4n) is 2.04. The molecule has 0 aliphatic rings. The molecule has 0 bridgehead atoms. The van der Waals surface area contributed by atoms with Crippen molar-refractivity contribution < 1.29 is 9.53 Å². The lowest BCUT2D eigenvalue weighted by Crippen LogP contribution is -2.27. The van der Waals surface area contributed by atoms with Crippen LogP contribution in [0.25, 0.3) is 0 Å². The average molecular weight is 397 g/mol. The number of nitrogens with one attached hydrogen (secondary N) is 2. The van der Waals surface area contributed by atoms with Crippen LogP contribution in [0.4, 0.5) is 16.2 Å². The third-order valence-corrected chi connectivity index (χ3v) is 4.98. The first-order chi connectivity index (χ1) is 10.7. The van der Waals surface area contributed by atoms with Crippen LogP contribution < -0.4 is 10.6 Å². The van der Waals surface area contributed by atoms with Crippen molar-refractivity contribution in [2.45, 2.75) is 39.3 Å². The number of amides is 1. The number of anilines is 2. The first-order valence-electron chi connectivity index (χ1n) is 7.34. The quantitative estimate of drug-likeness (QED) is 0.662. The summed E-state index contributed by atoms with van der Waals surface area (Å²) in [6, 6.07) is 9.80. The van der Waals surface area contributed by atoms with Gasteiger partial charge in [0.1, 0.15) is 5.60 Å². The van der Waals surface area contributed by atoms with E-state index in [1.165, 1.54) is 4.88 Å². The maximum absolute atomic E-state index is 11.8. The van der Waals surface area contributed by atoms with E-state index >= 15 is 0 Å². The third kappa shape index (κ3) is 5.55. The Morgan fingerprint density at radius 3 is 2.57 bits per heavy atom. The molecule has 1 aromatic heterocycles. The summed E-state index contributed by atoms with van der Waals surface area (Å²) in [5, 5.41) is 8.24. The molecule has 2 rings (SSSR count). The second-order valence-corrected chi connectivity index (χ2v) is 8.01. The van der Waals surface area contributed by atoms with Crippen LogP contribution >= 0.6 is 27.3 Å². The maximum Gasteiger partial charge on any atom is 0.412 e. The van der Waals surface area contributed by atoms with Gasteiger partial charge in [-0.05, 0) is 73.3 Å². The van der Waals surface area contributed by atoms with Crippen molar-refractivity contribution in [3.8, 4) is 0 Å². The van der Waals surface area contributed by atoms with Crippen molar-refractivity contribution in [2.24, 2.45) is 0 Å². The fourth-order valence-corrected chi connectivity index (χ4v) is 3.76. The topological polar surface area (TPSA) is 50.4 Å². The molecule has 4 nitrogen and oxygen atoms in total. The van der Waals surface area contributed by atoms with E-state index in [-0.39, 0.29) is 6.04 Å². The standard InChI is InChI=1S/C17H21BrN2O2S/c1-11(15-14(18)8-9-23-15)19-12-6-5-7-13(10-12)20-16(21)22-17(2,3)4/h5-11,19H,1-4H3,(H,20,21). The second kappa shape index (κ2) is 7.36. The third-order valence-electron chi connectivity index (χ3n) is 2.93. The van der Waals surface area contributed by atoms with Gasteiger partial charge in [0.25, 0.3) is 0 Å². The molecule has 1 amide bonds.